The number of allylic oxidation sites excluding steroid dienone is 2. The molecule has 2 aliphatic heterocycles. The third-order valence-corrected chi connectivity index (χ3v) is 9.25. The van der Waals surface area contributed by atoms with Crippen LogP contribution in [0.5, 0.6) is 0 Å². The number of nitrogens with zero attached hydrogens (tertiary/aromatic N) is 3. The van der Waals surface area contributed by atoms with Crippen molar-refractivity contribution < 1.29 is 0 Å². The van der Waals surface area contributed by atoms with Crippen LogP contribution >= 0.6 is 0 Å². The average Bonchev–Trinajstić information content (AvgIpc) is 3.03. The van der Waals surface area contributed by atoms with Crippen LogP contribution in [0.15, 0.2) is 52.7 Å². The zero-order valence-corrected chi connectivity index (χ0v) is 25.8. The lowest BCUT2D eigenvalue weighted by Crippen LogP contribution is -2.52. The number of rotatable bonds is 1. The maximum absolute atomic E-state index is 5.07. The molecule has 2 bridgehead atoms. The SMILES string of the molecule is C1=C\NCC(C2CC[C@H]3/N=C/C=C\N[C@@H]4CCCC[C@H]4NCCNCCN[C@@H]3C2)NCc2cccc(n2)CNCC/N=C/1. The van der Waals surface area contributed by atoms with Gasteiger partial charge in [-0.1, -0.05) is 18.9 Å². The molecule has 0 spiro atoms. The van der Waals surface area contributed by atoms with Crippen LogP contribution in [0.4, 0.5) is 0 Å². The number of aliphatic imine (C=N–C) groups is 2. The van der Waals surface area contributed by atoms with Crippen LogP contribution in [0, 0.1) is 5.92 Å². The van der Waals surface area contributed by atoms with Gasteiger partial charge in [0.2, 0.25) is 0 Å². The van der Waals surface area contributed by atoms with Gasteiger partial charge in [0.25, 0.3) is 0 Å². The predicted molar refractivity (Wildman–Crippen MR) is 178 cm³/mol. The van der Waals surface area contributed by atoms with Crippen LogP contribution in [0.1, 0.15) is 56.3 Å². The topological polar surface area (TPSA) is 122 Å². The van der Waals surface area contributed by atoms with E-state index in [4.69, 9.17) is 9.98 Å². The van der Waals surface area contributed by atoms with Gasteiger partial charge in [-0.15, -0.1) is 0 Å². The maximum atomic E-state index is 5.07. The van der Waals surface area contributed by atoms with E-state index in [1.54, 1.807) is 0 Å². The van der Waals surface area contributed by atoms with E-state index in [9.17, 15) is 0 Å². The molecule has 10 heteroatoms. The zero-order valence-electron chi connectivity index (χ0n) is 25.8. The van der Waals surface area contributed by atoms with Gasteiger partial charge in [-0.3, -0.25) is 15.0 Å². The first-order valence-corrected chi connectivity index (χ1v) is 16.7. The Kier molecular flexibility index (Phi) is 13.5. The Labute approximate surface area is 258 Å². The third-order valence-electron chi connectivity index (χ3n) is 9.25. The first-order chi connectivity index (χ1) is 21.3. The Morgan fingerprint density at radius 1 is 0.674 bits per heavy atom. The molecule has 10 nitrogen and oxygen atoms in total. The van der Waals surface area contributed by atoms with Crippen molar-refractivity contribution in [1.29, 1.82) is 0 Å². The van der Waals surface area contributed by atoms with Crippen LogP contribution in [-0.2, 0) is 13.1 Å². The largest absolute Gasteiger partial charge is 0.389 e. The molecule has 2 fully saturated rings. The van der Waals surface area contributed by atoms with E-state index in [0.29, 0.717) is 36.1 Å². The van der Waals surface area contributed by atoms with Crippen LogP contribution in [0.25, 0.3) is 0 Å². The van der Waals surface area contributed by atoms with E-state index >= 15 is 0 Å². The van der Waals surface area contributed by atoms with Crippen molar-refractivity contribution in [3.05, 3.63) is 54.1 Å². The Morgan fingerprint density at radius 2 is 1.49 bits per heavy atom. The fraction of sp³-hybridized carbons (Fsp3) is 0.667. The molecule has 1 aromatic heterocycles. The summed E-state index contributed by atoms with van der Waals surface area (Å²) in [4.78, 5) is 14.4. The minimum absolute atomic E-state index is 0.291. The van der Waals surface area contributed by atoms with Gasteiger partial charge in [0, 0.05) is 89.0 Å². The third kappa shape index (κ3) is 10.8. The first kappa shape index (κ1) is 31.8. The molecule has 6 atom stereocenters. The molecule has 2 aliphatic carbocycles. The van der Waals surface area contributed by atoms with Crippen molar-refractivity contribution in [3.8, 4) is 0 Å². The highest BCUT2D eigenvalue weighted by atomic mass is 15.1. The van der Waals surface area contributed by atoms with E-state index in [2.05, 4.69) is 72.7 Å². The molecule has 2 unspecified atom stereocenters. The summed E-state index contributed by atoms with van der Waals surface area (Å²) in [5, 5.41) is 25.8. The molecule has 3 heterocycles. The summed E-state index contributed by atoms with van der Waals surface area (Å²) in [6.07, 6.45) is 20.6. The van der Waals surface area contributed by atoms with Gasteiger partial charge in [-0.25, -0.2) is 0 Å². The maximum Gasteiger partial charge on any atom is 0.0652 e. The van der Waals surface area contributed by atoms with Crippen LogP contribution in [-0.4, -0.2) is 93.4 Å². The highest BCUT2D eigenvalue weighted by molar-refractivity contribution is 5.71. The number of hydrogen-bond donors (Lipinski definition) is 7. The number of hydrogen-bond acceptors (Lipinski definition) is 10. The van der Waals surface area contributed by atoms with Gasteiger partial charge < -0.3 is 37.2 Å². The van der Waals surface area contributed by atoms with Gasteiger partial charge >= 0.3 is 0 Å². The van der Waals surface area contributed by atoms with Crippen molar-refractivity contribution in [2.45, 2.75) is 88.2 Å². The molecule has 0 amide bonds. The molecule has 1 aromatic rings. The van der Waals surface area contributed by atoms with E-state index in [1.807, 2.05) is 24.7 Å². The minimum Gasteiger partial charge on any atom is -0.389 e. The van der Waals surface area contributed by atoms with Crippen molar-refractivity contribution in [3.63, 3.8) is 0 Å². The van der Waals surface area contributed by atoms with Crippen molar-refractivity contribution in [2.75, 3.05) is 45.8 Å². The highest BCUT2D eigenvalue weighted by Crippen LogP contribution is 2.29. The van der Waals surface area contributed by atoms with Gasteiger partial charge in [-0.05, 0) is 74.7 Å². The first-order valence-electron chi connectivity index (χ1n) is 16.7. The summed E-state index contributed by atoms with van der Waals surface area (Å²) in [7, 11) is 0. The summed E-state index contributed by atoms with van der Waals surface area (Å²) in [6.45, 7) is 7.92. The van der Waals surface area contributed by atoms with E-state index in [-0.39, 0.29) is 0 Å². The fourth-order valence-corrected chi connectivity index (χ4v) is 6.89. The van der Waals surface area contributed by atoms with E-state index in [1.165, 1.54) is 25.7 Å². The molecular weight excluding hydrogens is 536 g/mol. The van der Waals surface area contributed by atoms with Crippen LogP contribution in [0.3, 0.4) is 0 Å². The molecule has 2 saturated carbocycles. The fourth-order valence-electron chi connectivity index (χ4n) is 6.89. The minimum atomic E-state index is 0.291. The standard InChI is InChI=1S/C33H54N10/c1-2-9-30-29(8-1)38-14-5-15-39-31-11-10-26(22-32(31)41-21-19-35-18-20-40-30)33-25-36-13-4-12-34-16-17-37-23-27-6-3-7-28(43-27)24-42-33/h3-7,12-15,26,29-33,35-38,40-42H,1-2,8-11,16-25H2/b13-4-,14-5-,34-12+,39-15+/t26?,29-,30-,31-,32-,33?/m1/s1. The number of nitrogens with one attached hydrogen (secondary N) is 7. The summed E-state index contributed by atoms with van der Waals surface area (Å²) >= 11 is 0. The molecular formula is C33H54N10. The molecule has 43 heavy (non-hydrogen) atoms. The Hall–Kier alpha value is -2.63. The predicted octanol–water partition coefficient (Wildman–Crippen LogP) is 1.62. The van der Waals surface area contributed by atoms with Crippen molar-refractivity contribution in [1.82, 2.24) is 42.2 Å². The second kappa shape index (κ2) is 18.2. The molecule has 5 rings (SSSR count). The molecule has 0 radical (unpaired) electrons. The lowest BCUT2D eigenvalue weighted by molar-refractivity contribution is 0.206. The van der Waals surface area contributed by atoms with Gasteiger partial charge in [0.1, 0.15) is 0 Å². The Balaban J connectivity index is 1.23. The van der Waals surface area contributed by atoms with Crippen molar-refractivity contribution in [2.24, 2.45) is 15.9 Å². The number of pyridine rings is 1. The second-order valence-electron chi connectivity index (χ2n) is 12.3. The summed E-state index contributed by atoms with van der Waals surface area (Å²) in [6, 6.07) is 8.35. The molecule has 236 valence electrons. The highest BCUT2D eigenvalue weighted by Gasteiger charge is 2.33. The molecule has 4 aliphatic rings. The summed E-state index contributed by atoms with van der Waals surface area (Å²) in [5.41, 5.74) is 2.16. The normalized spacial score (nSPS) is 35.1. The van der Waals surface area contributed by atoms with E-state index < -0.39 is 0 Å². The monoisotopic (exact) mass is 590 g/mol. The Bertz CT molecular complexity index is 1060. The second-order valence-corrected chi connectivity index (χ2v) is 12.3. The number of aromatic nitrogens is 1. The number of fused-ring (bicyclic) bond motifs is 4. The lowest BCUT2D eigenvalue weighted by atomic mass is 9.78. The summed E-state index contributed by atoms with van der Waals surface area (Å²) in [5.74, 6) is 0.533. The smallest absolute Gasteiger partial charge is 0.0652 e. The van der Waals surface area contributed by atoms with Crippen LogP contribution < -0.4 is 37.2 Å². The van der Waals surface area contributed by atoms with E-state index in [0.717, 1.165) is 89.6 Å². The quantitative estimate of drug-likeness (QED) is 0.264. The molecule has 0 saturated heterocycles. The van der Waals surface area contributed by atoms with Crippen LogP contribution in [0.2, 0.25) is 0 Å². The lowest BCUT2D eigenvalue weighted by Gasteiger charge is -2.39. The average molecular weight is 591 g/mol. The molecule has 0 aromatic carbocycles. The van der Waals surface area contributed by atoms with Gasteiger partial charge in [0.15, 0.2) is 0 Å². The molecule has 7 N–H and O–H groups in total. The van der Waals surface area contributed by atoms with Crippen molar-refractivity contribution >= 4 is 12.4 Å². The van der Waals surface area contributed by atoms with Gasteiger partial charge in [0.05, 0.1) is 24.0 Å². The zero-order chi connectivity index (χ0) is 29.4. The van der Waals surface area contributed by atoms with Gasteiger partial charge in [-0.2, -0.15) is 0 Å². The Morgan fingerprint density at radius 3 is 2.40 bits per heavy atom. The summed E-state index contributed by atoms with van der Waals surface area (Å²) < 4.78 is 0.